The molecule has 1 aliphatic carbocycles. The van der Waals surface area contributed by atoms with Gasteiger partial charge >= 0.3 is 0 Å². The number of anilines is 1. The molecule has 0 atom stereocenters. The zero-order chi connectivity index (χ0) is 15.4. The summed E-state index contributed by atoms with van der Waals surface area (Å²) in [6.07, 6.45) is 8.47. The van der Waals surface area contributed by atoms with E-state index in [4.69, 9.17) is 0 Å². The van der Waals surface area contributed by atoms with Crippen LogP contribution in [0.5, 0.6) is 0 Å². The second-order valence-corrected chi connectivity index (χ2v) is 6.52. The molecule has 0 unspecified atom stereocenters. The number of amides is 1. The number of hydrogen-bond acceptors (Lipinski definition) is 2. The van der Waals surface area contributed by atoms with E-state index in [9.17, 15) is 9.18 Å². The molecule has 1 saturated carbocycles. The molecule has 1 aliphatic heterocycles. The molecule has 4 heteroatoms. The quantitative estimate of drug-likeness (QED) is 0.873. The molecule has 1 fully saturated rings. The number of rotatable bonds is 2. The van der Waals surface area contributed by atoms with Gasteiger partial charge in [-0.25, -0.2) is 4.39 Å². The molecule has 0 bridgehead atoms. The molecule has 2 aliphatic rings. The standard InChI is InChI=1S/C18H25FN2O/c19-17-15-10-11-20-12-14(15)8-9-16(17)21-18(22)13-6-4-2-1-3-5-7-13/h8-9,13,20H,1-7,10-12H2,(H,21,22). The highest BCUT2D eigenvalue weighted by Gasteiger charge is 2.22. The highest BCUT2D eigenvalue weighted by Crippen LogP contribution is 2.27. The molecule has 2 N–H and O–H groups in total. The Balaban J connectivity index is 1.70. The lowest BCUT2D eigenvalue weighted by molar-refractivity contribution is -0.120. The van der Waals surface area contributed by atoms with Gasteiger partial charge in [0.15, 0.2) is 0 Å². The second-order valence-electron chi connectivity index (χ2n) is 6.52. The fourth-order valence-corrected chi connectivity index (χ4v) is 3.58. The fraction of sp³-hybridized carbons (Fsp3) is 0.611. The van der Waals surface area contributed by atoms with Gasteiger partial charge in [0.25, 0.3) is 0 Å². The van der Waals surface area contributed by atoms with E-state index in [1.165, 1.54) is 19.3 Å². The number of halogens is 1. The van der Waals surface area contributed by atoms with Crippen molar-refractivity contribution < 1.29 is 9.18 Å². The molecular weight excluding hydrogens is 279 g/mol. The van der Waals surface area contributed by atoms with Crippen LogP contribution in [-0.2, 0) is 17.8 Å². The third-order valence-corrected chi connectivity index (χ3v) is 4.94. The molecule has 1 aromatic carbocycles. The predicted octanol–water partition coefficient (Wildman–Crippen LogP) is 3.77. The summed E-state index contributed by atoms with van der Waals surface area (Å²) in [5.41, 5.74) is 2.12. The van der Waals surface area contributed by atoms with E-state index in [1.807, 2.05) is 6.07 Å². The Labute approximate surface area is 131 Å². The van der Waals surface area contributed by atoms with Crippen molar-refractivity contribution in [1.29, 1.82) is 0 Å². The van der Waals surface area contributed by atoms with Crippen LogP contribution in [0.25, 0.3) is 0 Å². The molecule has 0 spiro atoms. The minimum Gasteiger partial charge on any atom is -0.323 e. The van der Waals surface area contributed by atoms with Crippen LogP contribution in [0.2, 0.25) is 0 Å². The summed E-state index contributed by atoms with van der Waals surface area (Å²) < 4.78 is 14.6. The molecule has 1 amide bonds. The van der Waals surface area contributed by atoms with E-state index in [0.717, 1.165) is 43.4 Å². The van der Waals surface area contributed by atoms with Gasteiger partial charge in [0.2, 0.25) is 5.91 Å². The van der Waals surface area contributed by atoms with Gasteiger partial charge in [-0.3, -0.25) is 4.79 Å². The average molecular weight is 304 g/mol. The Bertz CT molecular complexity index is 536. The number of fused-ring (bicyclic) bond motifs is 1. The predicted molar refractivity (Wildman–Crippen MR) is 86.2 cm³/mol. The molecule has 120 valence electrons. The monoisotopic (exact) mass is 304 g/mol. The third-order valence-electron chi connectivity index (χ3n) is 4.94. The average Bonchev–Trinajstić information content (AvgIpc) is 2.50. The van der Waals surface area contributed by atoms with Gasteiger partial charge in [0, 0.05) is 12.5 Å². The first-order valence-electron chi connectivity index (χ1n) is 8.57. The minimum absolute atomic E-state index is 0.00492. The number of carbonyl (C=O) groups excluding carboxylic acids is 1. The van der Waals surface area contributed by atoms with Crippen LogP contribution >= 0.6 is 0 Å². The van der Waals surface area contributed by atoms with Gasteiger partial charge in [-0.1, -0.05) is 38.2 Å². The van der Waals surface area contributed by atoms with E-state index in [0.29, 0.717) is 18.7 Å². The molecule has 0 radical (unpaired) electrons. The van der Waals surface area contributed by atoms with Crippen LogP contribution in [0.15, 0.2) is 12.1 Å². The number of benzene rings is 1. The Morgan fingerprint density at radius 3 is 2.64 bits per heavy atom. The molecule has 22 heavy (non-hydrogen) atoms. The van der Waals surface area contributed by atoms with Crippen molar-refractivity contribution in [2.75, 3.05) is 11.9 Å². The third kappa shape index (κ3) is 3.49. The van der Waals surface area contributed by atoms with Crippen LogP contribution in [-0.4, -0.2) is 12.5 Å². The van der Waals surface area contributed by atoms with E-state index in [-0.39, 0.29) is 17.6 Å². The lowest BCUT2D eigenvalue weighted by Crippen LogP contribution is -2.27. The smallest absolute Gasteiger partial charge is 0.227 e. The molecule has 3 rings (SSSR count). The van der Waals surface area contributed by atoms with E-state index < -0.39 is 0 Å². The van der Waals surface area contributed by atoms with Gasteiger partial charge in [0.1, 0.15) is 5.82 Å². The van der Waals surface area contributed by atoms with Gasteiger partial charge in [-0.15, -0.1) is 0 Å². The summed E-state index contributed by atoms with van der Waals surface area (Å²) in [5, 5.41) is 6.08. The molecular formula is C18H25FN2O. The maximum absolute atomic E-state index is 14.6. The number of hydrogen-bond donors (Lipinski definition) is 2. The summed E-state index contributed by atoms with van der Waals surface area (Å²) in [5.74, 6) is -0.203. The van der Waals surface area contributed by atoms with Crippen molar-refractivity contribution in [3.63, 3.8) is 0 Å². The molecule has 1 heterocycles. The minimum atomic E-state index is -0.238. The van der Waals surface area contributed by atoms with Gasteiger partial charge in [0.05, 0.1) is 5.69 Å². The van der Waals surface area contributed by atoms with Crippen LogP contribution in [0.4, 0.5) is 10.1 Å². The number of carbonyl (C=O) groups is 1. The molecule has 0 saturated heterocycles. The Hall–Kier alpha value is -1.42. The van der Waals surface area contributed by atoms with Crippen molar-refractivity contribution in [1.82, 2.24) is 5.32 Å². The number of nitrogens with one attached hydrogen (secondary N) is 2. The molecule has 3 nitrogen and oxygen atoms in total. The van der Waals surface area contributed by atoms with Gasteiger partial charge < -0.3 is 10.6 Å². The van der Waals surface area contributed by atoms with Crippen molar-refractivity contribution in [2.45, 2.75) is 57.9 Å². The SMILES string of the molecule is O=C(Nc1ccc2c(c1F)CCNC2)C1CCCCCCC1. The molecule has 0 aromatic heterocycles. The fourth-order valence-electron chi connectivity index (χ4n) is 3.58. The second kappa shape index (κ2) is 7.23. The first-order valence-corrected chi connectivity index (χ1v) is 8.57. The van der Waals surface area contributed by atoms with Crippen molar-refractivity contribution in [3.8, 4) is 0 Å². The van der Waals surface area contributed by atoms with Gasteiger partial charge in [-0.2, -0.15) is 0 Å². The highest BCUT2D eigenvalue weighted by molar-refractivity contribution is 5.92. The van der Waals surface area contributed by atoms with Crippen molar-refractivity contribution in [3.05, 3.63) is 29.1 Å². The first kappa shape index (κ1) is 15.5. The lowest BCUT2D eigenvalue weighted by atomic mass is 9.90. The van der Waals surface area contributed by atoms with Crippen LogP contribution < -0.4 is 10.6 Å². The zero-order valence-electron chi connectivity index (χ0n) is 13.1. The summed E-state index contributed by atoms with van der Waals surface area (Å²) in [7, 11) is 0. The first-order chi connectivity index (χ1) is 10.8. The maximum Gasteiger partial charge on any atom is 0.227 e. The summed E-state index contributed by atoms with van der Waals surface area (Å²) in [4.78, 5) is 12.5. The normalized spacial score (nSPS) is 19.9. The van der Waals surface area contributed by atoms with Crippen molar-refractivity contribution >= 4 is 11.6 Å². The highest BCUT2D eigenvalue weighted by atomic mass is 19.1. The Morgan fingerprint density at radius 2 is 1.86 bits per heavy atom. The van der Waals surface area contributed by atoms with Crippen LogP contribution in [0.3, 0.4) is 0 Å². The van der Waals surface area contributed by atoms with E-state index in [2.05, 4.69) is 10.6 Å². The summed E-state index contributed by atoms with van der Waals surface area (Å²) in [6.45, 7) is 1.51. The van der Waals surface area contributed by atoms with E-state index >= 15 is 0 Å². The summed E-state index contributed by atoms with van der Waals surface area (Å²) in [6, 6.07) is 3.64. The summed E-state index contributed by atoms with van der Waals surface area (Å²) >= 11 is 0. The van der Waals surface area contributed by atoms with Gasteiger partial charge in [-0.05, 0) is 43.0 Å². The molecule has 1 aromatic rings. The van der Waals surface area contributed by atoms with Crippen LogP contribution in [0, 0.1) is 11.7 Å². The largest absolute Gasteiger partial charge is 0.323 e. The lowest BCUT2D eigenvalue weighted by Gasteiger charge is -2.22. The Morgan fingerprint density at radius 1 is 1.14 bits per heavy atom. The van der Waals surface area contributed by atoms with E-state index in [1.54, 1.807) is 6.07 Å². The van der Waals surface area contributed by atoms with Crippen LogP contribution in [0.1, 0.15) is 56.1 Å². The maximum atomic E-state index is 14.6. The Kier molecular flexibility index (Phi) is 5.08. The van der Waals surface area contributed by atoms with Crippen molar-refractivity contribution in [2.24, 2.45) is 5.92 Å². The zero-order valence-corrected chi connectivity index (χ0v) is 13.1. The topological polar surface area (TPSA) is 41.1 Å².